The lowest BCUT2D eigenvalue weighted by Gasteiger charge is -2.01. The van der Waals surface area contributed by atoms with Crippen molar-refractivity contribution in [2.75, 3.05) is 6.54 Å². The van der Waals surface area contributed by atoms with Gasteiger partial charge in [0.1, 0.15) is 0 Å². The summed E-state index contributed by atoms with van der Waals surface area (Å²) in [5.74, 6) is 5.50. The number of hydrogen-bond acceptors (Lipinski definition) is 3. The van der Waals surface area contributed by atoms with Gasteiger partial charge in [-0.15, -0.1) is 0 Å². The van der Waals surface area contributed by atoms with Gasteiger partial charge in [-0.3, -0.25) is 10.1 Å². The van der Waals surface area contributed by atoms with E-state index in [2.05, 4.69) is 11.8 Å². The molecule has 4 heteroatoms. The number of nitrogens with zero attached hydrogens (tertiary/aromatic N) is 1. The summed E-state index contributed by atoms with van der Waals surface area (Å²) in [6, 6.07) is 3.26. The van der Waals surface area contributed by atoms with Crippen LogP contribution in [0.25, 0.3) is 0 Å². The maximum atomic E-state index is 10.7. The Balaban J connectivity index is 3.29. The molecule has 0 saturated heterocycles. The van der Waals surface area contributed by atoms with Crippen molar-refractivity contribution < 1.29 is 4.92 Å². The number of nitrogens with two attached hydrogens (primary N) is 1. The third-order valence-electron chi connectivity index (χ3n) is 2.06. The van der Waals surface area contributed by atoms with Gasteiger partial charge < -0.3 is 5.73 Å². The van der Waals surface area contributed by atoms with Crippen LogP contribution in [0.3, 0.4) is 0 Å². The second-order valence-corrected chi connectivity index (χ2v) is 3.22. The largest absolute Gasteiger partial charge is 0.320 e. The van der Waals surface area contributed by atoms with Crippen LogP contribution in [0.4, 0.5) is 5.69 Å². The summed E-state index contributed by atoms with van der Waals surface area (Å²) in [6.07, 6.45) is 0. The molecule has 0 saturated carbocycles. The minimum absolute atomic E-state index is 0.0990. The third-order valence-corrected chi connectivity index (χ3v) is 2.06. The van der Waals surface area contributed by atoms with Gasteiger partial charge in [-0.1, -0.05) is 11.8 Å². The van der Waals surface area contributed by atoms with Crippen molar-refractivity contribution in [2.24, 2.45) is 5.73 Å². The summed E-state index contributed by atoms with van der Waals surface area (Å²) in [5.41, 5.74) is 7.59. The molecule has 4 nitrogen and oxygen atoms in total. The van der Waals surface area contributed by atoms with Crippen molar-refractivity contribution >= 4 is 5.69 Å². The van der Waals surface area contributed by atoms with Crippen molar-refractivity contribution in [3.8, 4) is 11.8 Å². The molecule has 15 heavy (non-hydrogen) atoms. The SMILES string of the molecule is Cc1cc(C)c([N+](=O)[O-])cc1C#CCN. The zero-order valence-electron chi connectivity index (χ0n) is 8.70. The van der Waals surface area contributed by atoms with E-state index >= 15 is 0 Å². The minimum atomic E-state index is -0.400. The Labute approximate surface area is 88.2 Å². The number of benzene rings is 1. The average Bonchev–Trinajstić information content (AvgIpc) is 2.16. The molecule has 1 aromatic carbocycles. The monoisotopic (exact) mass is 204 g/mol. The van der Waals surface area contributed by atoms with Gasteiger partial charge >= 0.3 is 0 Å². The molecule has 0 aliphatic carbocycles. The molecule has 0 unspecified atom stereocenters. The third kappa shape index (κ3) is 2.55. The second-order valence-electron chi connectivity index (χ2n) is 3.22. The Morgan fingerprint density at radius 1 is 1.40 bits per heavy atom. The highest BCUT2D eigenvalue weighted by atomic mass is 16.6. The molecule has 78 valence electrons. The van der Waals surface area contributed by atoms with Crippen LogP contribution in [0.1, 0.15) is 16.7 Å². The van der Waals surface area contributed by atoms with Gasteiger partial charge in [-0.25, -0.2) is 0 Å². The molecule has 2 N–H and O–H groups in total. The van der Waals surface area contributed by atoms with Crippen molar-refractivity contribution in [1.82, 2.24) is 0 Å². The molecule has 0 bridgehead atoms. The summed E-state index contributed by atoms with van der Waals surface area (Å²) in [6.45, 7) is 3.84. The number of nitro groups is 1. The van der Waals surface area contributed by atoms with Crippen LogP contribution in [-0.4, -0.2) is 11.5 Å². The normalized spacial score (nSPS) is 9.27. The highest BCUT2D eigenvalue weighted by Crippen LogP contribution is 2.21. The van der Waals surface area contributed by atoms with E-state index in [4.69, 9.17) is 5.73 Å². The Morgan fingerprint density at radius 3 is 2.60 bits per heavy atom. The van der Waals surface area contributed by atoms with Gasteiger partial charge in [0.25, 0.3) is 5.69 Å². The zero-order chi connectivity index (χ0) is 11.4. The number of hydrogen-bond donors (Lipinski definition) is 1. The predicted molar refractivity (Wildman–Crippen MR) is 58.5 cm³/mol. The van der Waals surface area contributed by atoms with E-state index in [-0.39, 0.29) is 12.2 Å². The van der Waals surface area contributed by atoms with Crippen LogP contribution in [0, 0.1) is 35.8 Å². The smallest absolute Gasteiger partial charge is 0.273 e. The maximum Gasteiger partial charge on any atom is 0.273 e. The van der Waals surface area contributed by atoms with E-state index in [9.17, 15) is 10.1 Å². The van der Waals surface area contributed by atoms with E-state index in [1.807, 2.05) is 6.92 Å². The fourth-order valence-corrected chi connectivity index (χ4v) is 1.32. The molecule has 0 spiro atoms. The molecule has 0 amide bonds. The molecule has 1 rings (SSSR count). The van der Waals surface area contributed by atoms with Crippen LogP contribution in [0.5, 0.6) is 0 Å². The molecule has 0 atom stereocenters. The molecule has 0 aliphatic rings. The predicted octanol–water partition coefficient (Wildman–Crippen LogP) is 1.52. The minimum Gasteiger partial charge on any atom is -0.320 e. The van der Waals surface area contributed by atoms with E-state index in [0.29, 0.717) is 11.1 Å². The van der Waals surface area contributed by atoms with E-state index in [0.717, 1.165) is 5.56 Å². The van der Waals surface area contributed by atoms with Crippen molar-refractivity contribution in [1.29, 1.82) is 0 Å². The molecular formula is C11H12N2O2. The van der Waals surface area contributed by atoms with Crippen molar-refractivity contribution in [3.63, 3.8) is 0 Å². The van der Waals surface area contributed by atoms with E-state index in [1.165, 1.54) is 6.07 Å². The molecule has 1 aromatic rings. The fraction of sp³-hybridized carbons (Fsp3) is 0.273. The van der Waals surface area contributed by atoms with Crippen LogP contribution in [-0.2, 0) is 0 Å². The first-order valence-electron chi connectivity index (χ1n) is 4.51. The molecule has 0 heterocycles. The van der Waals surface area contributed by atoms with Gasteiger partial charge in [-0.05, 0) is 25.5 Å². The number of aryl methyl sites for hydroxylation is 2. The van der Waals surface area contributed by atoms with Crippen molar-refractivity contribution in [3.05, 3.63) is 38.9 Å². The standard InChI is InChI=1S/C11H12N2O2/c1-8-6-9(2)11(13(14)15)7-10(8)4-3-5-12/h6-7H,5,12H2,1-2H3. The molecule has 0 aliphatic heterocycles. The zero-order valence-corrected chi connectivity index (χ0v) is 8.70. The van der Waals surface area contributed by atoms with Crippen LogP contribution < -0.4 is 5.73 Å². The molecule has 0 fully saturated rings. The first-order chi connectivity index (χ1) is 7.06. The summed E-state index contributed by atoms with van der Waals surface area (Å²) >= 11 is 0. The van der Waals surface area contributed by atoms with Crippen LogP contribution >= 0.6 is 0 Å². The lowest BCUT2D eigenvalue weighted by atomic mass is 10.0. The fourth-order valence-electron chi connectivity index (χ4n) is 1.32. The Kier molecular flexibility index (Phi) is 3.42. The maximum absolute atomic E-state index is 10.7. The molecule has 0 aromatic heterocycles. The van der Waals surface area contributed by atoms with Crippen molar-refractivity contribution in [2.45, 2.75) is 13.8 Å². The highest BCUT2D eigenvalue weighted by molar-refractivity contribution is 5.52. The quantitative estimate of drug-likeness (QED) is 0.428. The van der Waals surface area contributed by atoms with Gasteiger partial charge in [0, 0.05) is 17.2 Å². The summed E-state index contributed by atoms with van der Waals surface area (Å²) in [4.78, 5) is 10.3. The lowest BCUT2D eigenvalue weighted by molar-refractivity contribution is -0.385. The Hall–Kier alpha value is -1.86. The van der Waals surface area contributed by atoms with Gasteiger partial charge in [0.15, 0.2) is 0 Å². The first-order valence-corrected chi connectivity index (χ1v) is 4.51. The number of nitro benzene ring substituents is 1. The second kappa shape index (κ2) is 4.58. The molecule has 0 radical (unpaired) electrons. The average molecular weight is 204 g/mol. The number of rotatable bonds is 1. The first kappa shape index (κ1) is 11.2. The molecular weight excluding hydrogens is 192 g/mol. The Morgan fingerprint density at radius 2 is 2.07 bits per heavy atom. The Bertz CT molecular complexity index is 456. The van der Waals surface area contributed by atoms with E-state index in [1.54, 1.807) is 13.0 Å². The van der Waals surface area contributed by atoms with E-state index < -0.39 is 4.92 Å². The summed E-state index contributed by atoms with van der Waals surface area (Å²) < 4.78 is 0. The lowest BCUT2D eigenvalue weighted by Crippen LogP contribution is -1.96. The summed E-state index contributed by atoms with van der Waals surface area (Å²) in [5, 5.41) is 10.7. The topological polar surface area (TPSA) is 69.2 Å². The van der Waals surface area contributed by atoms with Gasteiger partial charge in [-0.2, -0.15) is 0 Å². The highest BCUT2D eigenvalue weighted by Gasteiger charge is 2.12. The summed E-state index contributed by atoms with van der Waals surface area (Å²) in [7, 11) is 0. The van der Waals surface area contributed by atoms with Crippen LogP contribution in [0.15, 0.2) is 12.1 Å². The van der Waals surface area contributed by atoms with Crippen LogP contribution in [0.2, 0.25) is 0 Å². The van der Waals surface area contributed by atoms with Gasteiger partial charge in [0.05, 0.1) is 11.5 Å². The van der Waals surface area contributed by atoms with Gasteiger partial charge in [0.2, 0.25) is 0 Å².